The van der Waals surface area contributed by atoms with Crippen LogP contribution < -0.4 is 10.6 Å². The number of rotatable bonds is 5. The van der Waals surface area contributed by atoms with E-state index in [0.717, 1.165) is 12.0 Å². The van der Waals surface area contributed by atoms with E-state index in [4.69, 9.17) is 0 Å². The van der Waals surface area contributed by atoms with Gasteiger partial charge in [-0.1, -0.05) is 32.1 Å². The minimum Gasteiger partial charge on any atom is -0.315 e. The van der Waals surface area contributed by atoms with Crippen LogP contribution >= 0.6 is 0 Å². The van der Waals surface area contributed by atoms with Gasteiger partial charge in [-0.3, -0.25) is 0 Å². The summed E-state index contributed by atoms with van der Waals surface area (Å²) in [5, 5.41) is 7.25. The minimum atomic E-state index is 0.744. The Morgan fingerprint density at radius 1 is 1.00 bits per heavy atom. The lowest BCUT2D eigenvalue weighted by molar-refractivity contribution is 0.290. The van der Waals surface area contributed by atoms with Crippen molar-refractivity contribution in [2.45, 2.75) is 57.4 Å². The molecule has 0 amide bonds. The molecule has 0 aromatic rings. The summed E-state index contributed by atoms with van der Waals surface area (Å²) in [6.45, 7) is 3.66. The first-order chi connectivity index (χ1) is 7.45. The van der Waals surface area contributed by atoms with E-state index >= 15 is 0 Å². The van der Waals surface area contributed by atoms with Crippen molar-refractivity contribution in [2.75, 3.05) is 19.6 Å². The molecular weight excluding hydrogens is 184 g/mol. The Morgan fingerprint density at radius 2 is 1.93 bits per heavy atom. The highest BCUT2D eigenvalue weighted by Crippen LogP contribution is 2.28. The monoisotopic (exact) mass is 210 g/mol. The van der Waals surface area contributed by atoms with E-state index in [1.54, 1.807) is 0 Å². The molecule has 88 valence electrons. The van der Waals surface area contributed by atoms with Crippen LogP contribution in [0.4, 0.5) is 0 Å². The van der Waals surface area contributed by atoms with Crippen molar-refractivity contribution in [2.24, 2.45) is 5.92 Å². The maximum atomic E-state index is 3.64. The Bertz CT molecular complexity index is 158. The van der Waals surface area contributed by atoms with Gasteiger partial charge in [0.25, 0.3) is 0 Å². The van der Waals surface area contributed by atoms with Crippen LogP contribution in [0.3, 0.4) is 0 Å². The Labute approximate surface area is 94.2 Å². The average molecular weight is 210 g/mol. The van der Waals surface area contributed by atoms with Crippen LogP contribution in [0.2, 0.25) is 0 Å². The Kier molecular flexibility index (Phi) is 4.94. The summed E-state index contributed by atoms with van der Waals surface area (Å²) in [6.07, 6.45) is 11.5. The normalized spacial score (nSPS) is 28.4. The molecule has 2 heteroatoms. The highest BCUT2D eigenvalue weighted by molar-refractivity contribution is 4.74. The largest absolute Gasteiger partial charge is 0.315 e. The molecule has 1 atom stereocenters. The molecule has 2 nitrogen and oxygen atoms in total. The second kappa shape index (κ2) is 6.49. The molecule has 1 saturated heterocycles. The van der Waals surface area contributed by atoms with Crippen molar-refractivity contribution < 1.29 is 0 Å². The van der Waals surface area contributed by atoms with Crippen molar-refractivity contribution in [1.29, 1.82) is 0 Å². The van der Waals surface area contributed by atoms with Crippen LogP contribution in [-0.4, -0.2) is 25.7 Å². The molecule has 0 aromatic heterocycles. The zero-order valence-electron chi connectivity index (χ0n) is 9.93. The van der Waals surface area contributed by atoms with Gasteiger partial charge < -0.3 is 10.6 Å². The zero-order chi connectivity index (χ0) is 10.3. The lowest BCUT2D eigenvalue weighted by Gasteiger charge is -2.25. The van der Waals surface area contributed by atoms with E-state index in [9.17, 15) is 0 Å². The smallest absolute Gasteiger partial charge is 0.0192 e. The number of nitrogens with one attached hydrogen (secondary N) is 2. The van der Waals surface area contributed by atoms with E-state index in [2.05, 4.69) is 10.6 Å². The molecule has 2 rings (SSSR count). The highest BCUT2D eigenvalue weighted by Gasteiger charge is 2.16. The predicted octanol–water partition coefficient (Wildman–Crippen LogP) is 2.30. The quantitative estimate of drug-likeness (QED) is 0.680. The predicted molar refractivity (Wildman–Crippen MR) is 65.1 cm³/mol. The number of hydrogen-bond donors (Lipinski definition) is 2. The Hall–Kier alpha value is -0.0800. The first kappa shape index (κ1) is 11.4. The lowest BCUT2D eigenvalue weighted by Crippen LogP contribution is -2.38. The van der Waals surface area contributed by atoms with Crippen LogP contribution in [0.1, 0.15) is 51.4 Å². The molecule has 0 spiro atoms. The minimum absolute atomic E-state index is 0.744. The third kappa shape index (κ3) is 4.12. The fourth-order valence-corrected chi connectivity index (χ4v) is 2.64. The average Bonchev–Trinajstić information content (AvgIpc) is 2.43. The molecule has 2 aliphatic rings. The van der Waals surface area contributed by atoms with Crippen LogP contribution in [0.15, 0.2) is 0 Å². The van der Waals surface area contributed by atoms with Crippen LogP contribution in [0, 0.1) is 5.92 Å². The highest BCUT2D eigenvalue weighted by atomic mass is 15.0. The van der Waals surface area contributed by atoms with Crippen LogP contribution in [0.25, 0.3) is 0 Å². The summed E-state index contributed by atoms with van der Waals surface area (Å²) >= 11 is 0. The molecule has 1 aliphatic heterocycles. The summed E-state index contributed by atoms with van der Waals surface area (Å²) in [6, 6.07) is 0.744. The first-order valence-corrected chi connectivity index (χ1v) is 6.89. The van der Waals surface area contributed by atoms with Crippen LogP contribution in [0.5, 0.6) is 0 Å². The standard InChI is InChI=1S/C13H26N2/c1-2-7-13(15-9-3-1)11-14-10-8-12-5-4-6-12/h12-15H,1-11H2. The fraction of sp³-hybridized carbons (Fsp3) is 1.00. The Morgan fingerprint density at radius 3 is 2.73 bits per heavy atom. The maximum Gasteiger partial charge on any atom is 0.0192 e. The molecule has 1 unspecified atom stereocenters. The van der Waals surface area contributed by atoms with E-state index in [-0.39, 0.29) is 0 Å². The van der Waals surface area contributed by atoms with Gasteiger partial charge in [0, 0.05) is 12.6 Å². The zero-order valence-corrected chi connectivity index (χ0v) is 9.93. The van der Waals surface area contributed by atoms with Gasteiger partial charge in [-0.2, -0.15) is 0 Å². The summed E-state index contributed by atoms with van der Waals surface area (Å²) in [4.78, 5) is 0. The molecule has 2 fully saturated rings. The third-order valence-electron chi connectivity index (χ3n) is 4.01. The van der Waals surface area contributed by atoms with Gasteiger partial charge >= 0.3 is 0 Å². The second-order valence-corrected chi connectivity index (χ2v) is 5.29. The summed E-state index contributed by atoms with van der Waals surface area (Å²) in [5.74, 6) is 1.06. The molecule has 0 radical (unpaired) electrons. The van der Waals surface area contributed by atoms with Gasteiger partial charge in [0.2, 0.25) is 0 Å². The number of hydrogen-bond acceptors (Lipinski definition) is 2. The van der Waals surface area contributed by atoms with Crippen molar-refractivity contribution in [1.82, 2.24) is 10.6 Å². The summed E-state index contributed by atoms with van der Waals surface area (Å²) in [7, 11) is 0. The van der Waals surface area contributed by atoms with Crippen molar-refractivity contribution >= 4 is 0 Å². The van der Waals surface area contributed by atoms with E-state index in [0.29, 0.717) is 0 Å². The molecule has 2 N–H and O–H groups in total. The van der Waals surface area contributed by atoms with Gasteiger partial charge in [-0.25, -0.2) is 0 Å². The molecule has 0 bridgehead atoms. The van der Waals surface area contributed by atoms with Gasteiger partial charge in [0.15, 0.2) is 0 Å². The van der Waals surface area contributed by atoms with Gasteiger partial charge in [0.05, 0.1) is 0 Å². The summed E-state index contributed by atoms with van der Waals surface area (Å²) in [5.41, 5.74) is 0. The van der Waals surface area contributed by atoms with E-state index < -0.39 is 0 Å². The second-order valence-electron chi connectivity index (χ2n) is 5.29. The Balaban J connectivity index is 1.48. The van der Waals surface area contributed by atoms with E-state index in [1.807, 2.05) is 0 Å². The lowest BCUT2D eigenvalue weighted by atomic mass is 9.83. The fourth-order valence-electron chi connectivity index (χ4n) is 2.64. The molecule has 1 saturated carbocycles. The maximum absolute atomic E-state index is 3.64. The molecule has 0 aromatic carbocycles. The summed E-state index contributed by atoms with van der Waals surface area (Å²) < 4.78 is 0. The van der Waals surface area contributed by atoms with Crippen molar-refractivity contribution in [3.05, 3.63) is 0 Å². The van der Waals surface area contributed by atoms with Gasteiger partial charge in [0.1, 0.15) is 0 Å². The molecule has 1 heterocycles. The molecule has 1 aliphatic carbocycles. The first-order valence-electron chi connectivity index (χ1n) is 6.89. The van der Waals surface area contributed by atoms with Crippen LogP contribution in [-0.2, 0) is 0 Å². The van der Waals surface area contributed by atoms with E-state index in [1.165, 1.54) is 71.0 Å². The van der Waals surface area contributed by atoms with Crippen molar-refractivity contribution in [3.8, 4) is 0 Å². The SMILES string of the molecule is C1CCNC(CNCCC2CCC2)CC1. The van der Waals surface area contributed by atoms with Gasteiger partial charge in [-0.05, 0) is 38.3 Å². The third-order valence-corrected chi connectivity index (χ3v) is 4.01. The molecule has 15 heavy (non-hydrogen) atoms. The van der Waals surface area contributed by atoms with Crippen molar-refractivity contribution in [3.63, 3.8) is 0 Å². The molecular formula is C13H26N2. The van der Waals surface area contributed by atoms with Gasteiger partial charge in [-0.15, -0.1) is 0 Å². The topological polar surface area (TPSA) is 24.1 Å².